The van der Waals surface area contributed by atoms with Gasteiger partial charge in [0.1, 0.15) is 5.52 Å². The Kier molecular flexibility index (Phi) is 25.4. The van der Waals surface area contributed by atoms with E-state index in [0.29, 0.717) is 89.1 Å². The number of imidazole rings is 6. The van der Waals surface area contributed by atoms with Gasteiger partial charge in [0.15, 0.2) is 61.5 Å². The third-order valence-electron chi connectivity index (χ3n) is 16.2. The van der Waals surface area contributed by atoms with E-state index in [4.69, 9.17) is 14.9 Å². The van der Waals surface area contributed by atoms with Crippen LogP contribution in [0.1, 0.15) is 33.6 Å². The average Bonchev–Trinajstić information content (AvgIpc) is 1.65. The zero-order valence-electron chi connectivity index (χ0n) is 59.1. The molecule has 7 N–H and O–H groups in total. The van der Waals surface area contributed by atoms with Crippen molar-refractivity contribution in [2.45, 2.75) is 72.0 Å². The largest absolute Gasteiger partial charge is 0.395 e. The van der Waals surface area contributed by atoms with Gasteiger partial charge in [-0.05, 0) is 19.4 Å². The van der Waals surface area contributed by atoms with Gasteiger partial charge < -0.3 is 57.9 Å². The number of unbranched alkanes of at least 4 members (excludes halogenated alkanes) is 1. The monoisotopic (exact) mass is 1430 g/mol. The highest BCUT2D eigenvalue weighted by Crippen LogP contribution is 2.10. The van der Waals surface area contributed by atoms with Crippen LogP contribution in [0.15, 0.2) is 95.5 Å². The number of hydrogen-bond donors (Lipinski definition) is 7. The molecular weight excluding hydrogens is 1340 g/mol. The van der Waals surface area contributed by atoms with Gasteiger partial charge in [-0.15, -0.1) is 0 Å². The number of fused-ring (bicyclic) bond motifs is 6. The minimum Gasteiger partial charge on any atom is -0.395 e. The second-order valence-corrected chi connectivity index (χ2v) is 24.3. The lowest BCUT2D eigenvalue weighted by atomic mass is 10.2. The van der Waals surface area contributed by atoms with Crippen molar-refractivity contribution in [3.63, 3.8) is 0 Å². The number of aliphatic hydroxyl groups excluding tert-OH is 4. The number of ether oxygens (including phenoxy) is 1. The maximum absolute atomic E-state index is 12.3. The molecular formula is C60H85N25O17. The molecule has 0 spiro atoms. The summed E-state index contributed by atoms with van der Waals surface area (Å²) < 4.78 is 25.3. The van der Waals surface area contributed by atoms with Crippen LogP contribution in [0, 0.1) is 5.92 Å². The number of rotatable bonds is 17. The molecule has 0 aliphatic heterocycles. The Morgan fingerprint density at radius 3 is 1.50 bits per heavy atom. The van der Waals surface area contributed by atoms with E-state index in [1.165, 1.54) is 105 Å². The van der Waals surface area contributed by atoms with Crippen molar-refractivity contribution in [2.75, 3.05) is 46.6 Å². The highest BCUT2D eigenvalue weighted by Gasteiger charge is 2.21. The number of nitrogens with zero attached hydrogens (tertiary/aromatic N) is 22. The van der Waals surface area contributed by atoms with Crippen molar-refractivity contribution in [1.82, 2.24) is 118 Å². The summed E-state index contributed by atoms with van der Waals surface area (Å²) in [6.07, 6.45) is 9.10. The molecule has 12 aromatic rings. The Hall–Kier alpha value is -11.3. The highest BCUT2D eigenvalue weighted by atomic mass is 16.5. The predicted octanol–water partition coefficient (Wildman–Crippen LogP) is -6.24. The van der Waals surface area contributed by atoms with Crippen LogP contribution in [0.4, 0.5) is 0 Å². The zero-order chi connectivity index (χ0) is 75.6. The molecule has 0 radical (unpaired) electrons. The van der Waals surface area contributed by atoms with E-state index in [2.05, 4.69) is 51.8 Å². The number of H-pyrrole nitrogens is 3. The number of nitrogens with one attached hydrogen (secondary N) is 3. The van der Waals surface area contributed by atoms with Crippen molar-refractivity contribution in [3.05, 3.63) is 163 Å². The molecule has 102 heavy (non-hydrogen) atoms. The number of aryl methyl sites for hydroxylation is 7. The van der Waals surface area contributed by atoms with Crippen LogP contribution in [-0.4, -0.2) is 197 Å². The number of aliphatic hydroxyl groups is 4. The minimum atomic E-state index is -0.982. The number of aromatic nitrogens is 24. The van der Waals surface area contributed by atoms with Crippen LogP contribution in [-0.2, 0) is 108 Å². The Balaban J connectivity index is 0.000000173. The van der Waals surface area contributed by atoms with Gasteiger partial charge in [0.05, 0.1) is 89.6 Å². The first-order chi connectivity index (χ1) is 48.1. The summed E-state index contributed by atoms with van der Waals surface area (Å²) in [5.74, 6) is 0.315. The summed E-state index contributed by atoms with van der Waals surface area (Å²) in [6, 6.07) is 0. The molecule has 0 fully saturated rings. The summed E-state index contributed by atoms with van der Waals surface area (Å²) in [7, 11) is 18.9. The first-order valence-corrected chi connectivity index (χ1v) is 31.7. The Bertz CT molecular complexity index is 5770. The maximum Gasteiger partial charge on any atom is 0.332 e. The normalized spacial score (nSPS) is 12.0. The fraction of sp³-hybridized carbons (Fsp3) is 0.500. The van der Waals surface area contributed by atoms with E-state index in [1.54, 1.807) is 72.5 Å². The molecule has 12 heterocycles. The molecule has 0 amide bonds. The molecule has 2 unspecified atom stereocenters. The lowest BCUT2D eigenvalue weighted by molar-refractivity contribution is 0.0820. The van der Waals surface area contributed by atoms with Gasteiger partial charge in [-0.1, -0.05) is 27.2 Å². The van der Waals surface area contributed by atoms with Crippen LogP contribution in [0.3, 0.4) is 0 Å². The molecule has 552 valence electrons. The van der Waals surface area contributed by atoms with Gasteiger partial charge in [0.25, 0.3) is 33.4 Å². The van der Waals surface area contributed by atoms with Crippen LogP contribution in [0.2, 0.25) is 0 Å². The number of aromatic amines is 3. The van der Waals surface area contributed by atoms with Gasteiger partial charge in [-0.3, -0.25) is 84.4 Å². The van der Waals surface area contributed by atoms with Gasteiger partial charge in [0, 0.05) is 104 Å². The highest BCUT2D eigenvalue weighted by molar-refractivity contribution is 5.73. The minimum absolute atomic E-state index is 0.0138. The summed E-state index contributed by atoms with van der Waals surface area (Å²) >= 11 is 0. The fourth-order valence-corrected chi connectivity index (χ4v) is 10.5. The summed E-state index contributed by atoms with van der Waals surface area (Å²) in [5.41, 5.74) is -0.527. The Morgan fingerprint density at radius 2 is 0.951 bits per heavy atom. The standard InChI is InChI=1S/C13H21N5O4.C13H20N4O3.C10H14N4O4.C10H14N4O2.2C7H8N4O2/c1-15(4-5-19)6-9(20)7-18-8-14-11-10(18)12(21)17(3)13(22)16(11)2;1-4-5-7-20-8-6-17-12(18)10-11(14-9-15(10)2)16(3)13(17)19;1-12-8-7(9(17)13(2)10(12)18)14(5-11-8)3-6(16)4-15;1-6(2)4-14-8-7(11-5-12-8)9(15)13(3)10(14)16;1-10-3-8-5-4(10)6(12)9-7(13)11(5)2;1-10-3-8-5-4(10)6(12)11(2)7(13)9-5/h8-9,19-20H,4-7H2,1-3H3;9H,4-8H2,1-3H3;5-6,15-16H,3-4H2,1-2H3;5-6H,4H2,1-3H3,(H,11,12);3H,1-2H3,(H,9,12,13);3H,1-2H3,(H,9,13). The molecule has 0 aliphatic rings. The summed E-state index contributed by atoms with van der Waals surface area (Å²) in [4.78, 5) is 174. The van der Waals surface area contributed by atoms with E-state index in [9.17, 15) is 67.7 Å². The number of likely N-dealkylation sites (N-methyl/N-ethyl adjacent to an activating group) is 1. The Labute approximate surface area is 573 Å². The molecule has 0 aromatic carbocycles. The molecule has 42 nitrogen and oxygen atoms in total. The predicted molar refractivity (Wildman–Crippen MR) is 374 cm³/mol. The second-order valence-electron chi connectivity index (χ2n) is 24.3. The zero-order valence-corrected chi connectivity index (χ0v) is 59.1. The molecule has 12 aromatic heterocycles. The second kappa shape index (κ2) is 33.2. The molecule has 12 rings (SSSR count). The first kappa shape index (κ1) is 78.0. The third-order valence-corrected chi connectivity index (χ3v) is 16.2. The molecule has 0 aliphatic carbocycles. The summed E-state index contributed by atoms with van der Waals surface area (Å²) in [6.45, 7) is 8.56. The van der Waals surface area contributed by atoms with Crippen LogP contribution >= 0.6 is 0 Å². The van der Waals surface area contributed by atoms with Gasteiger partial charge >= 0.3 is 34.1 Å². The van der Waals surface area contributed by atoms with Gasteiger partial charge in [-0.25, -0.2) is 58.7 Å². The topological polar surface area (TPSA) is 497 Å². The lowest BCUT2D eigenvalue weighted by Gasteiger charge is -2.19. The van der Waals surface area contributed by atoms with Crippen molar-refractivity contribution in [3.8, 4) is 0 Å². The first-order valence-electron chi connectivity index (χ1n) is 31.7. The number of hydrogen-bond acceptors (Lipinski definition) is 24. The Morgan fingerprint density at radius 1 is 0.480 bits per heavy atom. The van der Waals surface area contributed by atoms with E-state index < -0.39 is 58.3 Å². The molecule has 42 heteroatoms. The quantitative estimate of drug-likeness (QED) is 0.0417. The molecule has 2 atom stereocenters. The average molecular weight is 1430 g/mol. The van der Waals surface area contributed by atoms with Crippen molar-refractivity contribution < 1.29 is 25.2 Å². The SMILES string of the molecule is CC(C)Cn1c(=O)n(C)c(=O)c2[nH]cnc21.CCCCOCCn1c(=O)c2c(ncn2C)n(C)c1=O.CN(CCO)CC(O)Cn1cnc2c1c(=O)n(C)c(=O)n2C.Cn1c(=O)[nH]c2ncn(C)c2c1=O.Cn1c(=O)c2c(ncn2CC(O)CO)n(C)c1=O.Cn1cnc2c1c(=O)[nH]c(=O)n2C. The van der Waals surface area contributed by atoms with E-state index in [-0.39, 0.29) is 71.0 Å². The van der Waals surface area contributed by atoms with E-state index in [1.807, 2.05) is 13.8 Å². The maximum atomic E-state index is 12.3. The molecule has 0 bridgehead atoms. The van der Waals surface area contributed by atoms with E-state index >= 15 is 0 Å². The molecule has 0 saturated carbocycles. The van der Waals surface area contributed by atoms with Crippen molar-refractivity contribution in [1.29, 1.82) is 0 Å². The van der Waals surface area contributed by atoms with Crippen LogP contribution < -0.4 is 67.5 Å². The van der Waals surface area contributed by atoms with Gasteiger partial charge in [-0.2, -0.15) is 0 Å². The smallest absolute Gasteiger partial charge is 0.332 e. The third kappa shape index (κ3) is 16.4. The van der Waals surface area contributed by atoms with E-state index in [0.717, 1.165) is 31.1 Å². The van der Waals surface area contributed by atoms with Crippen LogP contribution in [0.5, 0.6) is 0 Å². The lowest BCUT2D eigenvalue weighted by Crippen LogP contribution is -2.40. The van der Waals surface area contributed by atoms with Crippen molar-refractivity contribution >= 4 is 67.0 Å². The van der Waals surface area contributed by atoms with Gasteiger partial charge in [0.2, 0.25) is 0 Å². The fourth-order valence-electron chi connectivity index (χ4n) is 10.5. The van der Waals surface area contributed by atoms with Crippen molar-refractivity contribution in [2.24, 2.45) is 83.4 Å². The van der Waals surface area contributed by atoms with Crippen LogP contribution in [0.25, 0.3) is 67.0 Å². The molecule has 0 saturated heterocycles. The summed E-state index contributed by atoms with van der Waals surface area (Å²) in [5, 5.41) is 37.2.